The van der Waals surface area contributed by atoms with E-state index in [0.29, 0.717) is 11.8 Å². The molecule has 0 aromatic carbocycles. The van der Waals surface area contributed by atoms with Gasteiger partial charge in [-0.1, -0.05) is 26.7 Å². The van der Waals surface area contributed by atoms with Crippen molar-refractivity contribution in [2.75, 3.05) is 0 Å². The highest BCUT2D eigenvalue weighted by molar-refractivity contribution is 5.09. The van der Waals surface area contributed by atoms with E-state index in [9.17, 15) is 13.2 Å². The van der Waals surface area contributed by atoms with Gasteiger partial charge in [-0.15, -0.1) is 0 Å². The monoisotopic (exact) mass is 235 g/mol. The molecule has 2 fully saturated rings. The maximum Gasteiger partial charge on any atom is 0.406 e. The van der Waals surface area contributed by atoms with E-state index in [1.165, 1.54) is 0 Å². The van der Waals surface area contributed by atoms with Crippen LogP contribution in [0.3, 0.4) is 0 Å². The van der Waals surface area contributed by atoms with Crippen LogP contribution in [0.4, 0.5) is 13.2 Å². The summed E-state index contributed by atoms with van der Waals surface area (Å²) in [6.07, 6.45) is -0.464. The second-order valence-corrected chi connectivity index (χ2v) is 5.60. The zero-order valence-corrected chi connectivity index (χ0v) is 9.90. The van der Waals surface area contributed by atoms with Crippen molar-refractivity contribution in [3.63, 3.8) is 0 Å². The van der Waals surface area contributed by atoms with Crippen LogP contribution in [0.25, 0.3) is 0 Å². The predicted octanol–water partition coefficient (Wildman–Crippen LogP) is 3.50. The van der Waals surface area contributed by atoms with Crippen LogP contribution in [0.15, 0.2) is 0 Å². The van der Waals surface area contributed by atoms with Crippen molar-refractivity contribution in [2.24, 2.45) is 11.8 Å². The van der Waals surface area contributed by atoms with Crippen LogP contribution in [0.5, 0.6) is 0 Å². The van der Waals surface area contributed by atoms with Gasteiger partial charge in [0.2, 0.25) is 0 Å². The van der Waals surface area contributed by atoms with Crippen LogP contribution in [-0.2, 0) is 0 Å². The van der Waals surface area contributed by atoms with Crippen molar-refractivity contribution in [3.8, 4) is 0 Å². The summed E-state index contributed by atoms with van der Waals surface area (Å²) in [6, 6.07) is 0.0490. The van der Waals surface area contributed by atoms with E-state index >= 15 is 0 Å². The number of hydrogen-bond donors (Lipinski definition) is 1. The second kappa shape index (κ2) is 3.90. The summed E-state index contributed by atoms with van der Waals surface area (Å²) in [7, 11) is 0. The minimum atomic E-state index is -4.08. The molecule has 0 amide bonds. The Morgan fingerprint density at radius 3 is 2.25 bits per heavy atom. The Balaban J connectivity index is 1.99. The average molecular weight is 235 g/mol. The molecule has 2 rings (SSSR count). The van der Waals surface area contributed by atoms with Crippen LogP contribution in [-0.4, -0.2) is 17.8 Å². The average Bonchev–Trinajstić information content (AvgIpc) is 2.93. The lowest BCUT2D eigenvalue weighted by atomic mass is 9.77. The third kappa shape index (κ3) is 2.08. The molecule has 0 aromatic heterocycles. The summed E-state index contributed by atoms with van der Waals surface area (Å²) >= 11 is 0. The van der Waals surface area contributed by atoms with Crippen molar-refractivity contribution in [1.29, 1.82) is 0 Å². The molecule has 94 valence electrons. The first kappa shape index (κ1) is 12.2. The van der Waals surface area contributed by atoms with E-state index in [4.69, 9.17) is 0 Å². The minimum absolute atomic E-state index is 0.0490. The van der Waals surface area contributed by atoms with E-state index < -0.39 is 11.7 Å². The van der Waals surface area contributed by atoms with Gasteiger partial charge in [0, 0.05) is 6.04 Å². The summed E-state index contributed by atoms with van der Waals surface area (Å²) in [5.74, 6) is 0.892. The van der Waals surface area contributed by atoms with Crippen LogP contribution < -0.4 is 5.32 Å². The molecule has 0 radical (unpaired) electrons. The molecule has 0 bridgehead atoms. The van der Waals surface area contributed by atoms with Gasteiger partial charge >= 0.3 is 6.18 Å². The molecule has 2 aliphatic rings. The summed E-state index contributed by atoms with van der Waals surface area (Å²) in [4.78, 5) is 0. The normalized spacial score (nSPS) is 38.4. The van der Waals surface area contributed by atoms with Gasteiger partial charge in [-0.2, -0.15) is 13.2 Å². The molecule has 0 aliphatic heterocycles. The molecule has 16 heavy (non-hydrogen) atoms. The highest BCUT2D eigenvalue weighted by atomic mass is 19.4. The zero-order valence-electron chi connectivity index (χ0n) is 9.90. The number of halogens is 3. The number of hydrogen-bond acceptors (Lipinski definition) is 1. The SMILES string of the molecule is CC1CCCC(NC2(C(F)(F)F)CC2)C1C. The molecule has 1 nitrogen and oxygen atoms in total. The zero-order chi connectivity index (χ0) is 12.0. The van der Waals surface area contributed by atoms with Crippen LogP contribution in [0, 0.1) is 11.8 Å². The fourth-order valence-corrected chi connectivity index (χ4v) is 2.78. The van der Waals surface area contributed by atoms with E-state index in [2.05, 4.69) is 19.2 Å². The van der Waals surface area contributed by atoms with Gasteiger partial charge in [0.05, 0.1) is 0 Å². The first-order valence-corrected chi connectivity index (χ1v) is 6.20. The highest BCUT2D eigenvalue weighted by Gasteiger charge is 2.64. The van der Waals surface area contributed by atoms with Crippen molar-refractivity contribution in [3.05, 3.63) is 0 Å². The molecule has 0 heterocycles. The molecular weight excluding hydrogens is 215 g/mol. The molecule has 2 saturated carbocycles. The van der Waals surface area contributed by atoms with E-state index in [0.717, 1.165) is 19.3 Å². The van der Waals surface area contributed by atoms with Gasteiger partial charge in [-0.3, -0.25) is 0 Å². The summed E-state index contributed by atoms with van der Waals surface area (Å²) in [5, 5.41) is 2.90. The van der Waals surface area contributed by atoms with Gasteiger partial charge in [-0.05, 0) is 31.1 Å². The topological polar surface area (TPSA) is 12.0 Å². The molecule has 3 unspecified atom stereocenters. The first-order valence-electron chi connectivity index (χ1n) is 6.20. The molecular formula is C12H20F3N. The van der Waals surface area contributed by atoms with Crippen LogP contribution in [0.1, 0.15) is 46.0 Å². The summed E-state index contributed by atoms with van der Waals surface area (Å²) in [5.41, 5.74) is -1.54. The van der Waals surface area contributed by atoms with Gasteiger partial charge in [-0.25, -0.2) is 0 Å². The molecule has 2 aliphatic carbocycles. The largest absolute Gasteiger partial charge is 0.406 e. The summed E-state index contributed by atoms with van der Waals surface area (Å²) < 4.78 is 38.4. The second-order valence-electron chi connectivity index (χ2n) is 5.60. The smallest absolute Gasteiger partial charge is 0.301 e. The van der Waals surface area contributed by atoms with Crippen molar-refractivity contribution < 1.29 is 13.2 Å². The van der Waals surface area contributed by atoms with Gasteiger partial charge in [0.25, 0.3) is 0 Å². The Morgan fingerprint density at radius 2 is 1.75 bits per heavy atom. The van der Waals surface area contributed by atoms with E-state index in [1.54, 1.807) is 0 Å². The van der Waals surface area contributed by atoms with Gasteiger partial charge in [0.1, 0.15) is 5.54 Å². The Kier molecular flexibility index (Phi) is 2.97. The standard InChI is InChI=1S/C12H20F3N/c1-8-4-3-5-10(9(8)2)16-11(6-7-11)12(13,14)15/h8-10,16H,3-7H2,1-2H3. The maximum absolute atomic E-state index is 12.8. The van der Waals surface area contributed by atoms with Crippen molar-refractivity contribution >= 4 is 0 Å². The summed E-state index contributed by atoms with van der Waals surface area (Å²) in [6.45, 7) is 4.22. The number of alkyl halides is 3. The lowest BCUT2D eigenvalue weighted by Gasteiger charge is -2.38. The Morgan fingerprint density at radius 1 is 1.12 bits per heavy atom. The fraction of sp³-hybridized carbons (Fsp3) is 1.00. The first-order chi connectivity index (χ1) is 7.36. The highest BCUT2D eigenvalue weighted by Crippen LogP contribution is 2.50. The molecule has 0 aromatic rings. The molecule has 4 heteroatoms. The third-order valence-corrected chi connectivity index (χ3v) is 4.46. The molecule has 0 saturated heterocycles. The Bertz CT molecular complexity index is 257. The molecule has 0 spiro atoms. The predicted molar refractivity (Wildman–Crippen MR) is 57.1 cm³/mol. The number of nitrogens with one attached hydrogen (secondary N) is 1. The maximum atomic E-state index is 12.8. The van der Waals surface area contributed by atoms with Crippen molar-refractivity contribution in [1.82, 2.24) is 5.32 Å². The number of rotatable bonds is 2. The van der Waals surface area contributed by atoms with Gasteiger partial charge < -0.3 is 5.32 Å². The van der Waals surface area contributed by atoms with E-state index in [-0.39, 0.29) is 18.9 Å². The van der Waals surface area contributed by atoms with Crippen LogP contribution >= 0.6 is 0 Å². The van der Waals surface area contributed by atoms with Crippen LogP contribution in [0.2, 0.25) is 0 Å². The fourth-order valence-electron chi connectivity index (χ4n) is 2.78. The van der Waals surface area contributed by atoms with E-state index in [1.807, 2.05) is 0 Å². The van der Waals surface area contributed by atoms with Crippen molar-refractivity contribution in [2.45, 2.75) is 63.7 Å². The quantitative estimate of drug-likeness (QED) is 0.772. The lowest BCUT2D eigenvalue weighted by Crippen LogP contribution is -2.53. The Labute approximate surface area is 94.8 Å². The third-order valence-electron chi connectivity index (χ3n) is 4.46. The minimum Gasteiger partial charge on any atom is -0.301 e. The lowest BCUT2D eigenvalue weighted by molar-refractivity contribution is -0.169. The molecule has 1 N–H and O–H groups in total. The Hall–Kier alpha value is -0.250. The molecule has 3 atom stereocenters. The van der Waals surface area contributed by atoms with Gasteiger partial charge in [0.15, 0.2) is 0 Å².